The third-order valence-corrected chi connectivity index (χ3v) is 6.16. The second kappa shape index (κ2) is 6.29. The van der Waals surface area contributed by atoms with Crippen molar-refractivity contribution in [3.05, 3.63) is 27.2 Å². The van der Waals surface area contributed by atoms with Crippen molar-refractivity contribution >= 4 is 15.9 Å². The van der Waals surface area contributed by atoms with Gasteiger partial charge in [-0.1, -0.05) is 25.7 Å². The molecule has 0 aliphatic heterocycles. The number of aromatic hydroxyl groups is 1. The van der Waals surface area contributed by atoms with Gasteiger partial charge in [0, 0.05) is 17.5 Å². The summed E-state index contributed by atoms with van der Waals surface area (Å²) >= 11 is 3.58. The van der Waals surface area contributed by atoms with Crippen LogP contribution >= 0.6 is 15.9 Å². The highest BCUT2D eigenvalue weighted by atomic mass is 79.9. The minimum absolute atomic E-state index is 0.000532. The third-order valence-electron chi connectivity index (χ3n) is 5.56. The number of nitrogens with two attached hydrogens (primary N) is 1. The number of phenols is 1. The largest absolute Gasteiger partial charge is 0.506 e. The van der Waals surface area contributed by atoms with E-state index in [1.807, 2.05) is 0 Å². The first-order valence-electron chi connectivity index (χ1n) is 8.42. The molecule has 0 aromatic heterocycles. The van der Waals surface area contributed by atoms with Crippen LogP contribution in [0.2, 0.25) is 0 Å². The Bertz CT molecular complexity index is 520. The van der Waals surface area contributed by atoms with E-state index in [0.29, 0.717) is 12.3 Å². The minimum atomic E-state index is 0.000532. The summed E-state index contributed by atoms with van der Waals surface area (Å²) in [4.78, 5) is 0. The minimum Gasteiger partial charge on any atom is -0.506 e. The number of hydrogen-bond acceptors (Lipinski definition) is 2. The highest BCUT2D eigenvalue weighted by Crippen LogP contribution is 2.48. The van der Waals surface area contributed by atoms with Crippen LogP contribution < -0.4 is 5.73 Å². The first kappa shape index (κ1) is 15.4. The van der Waals surface area contributed by atoms with Crippen LogP contribution in [0.3, 0.4) is 0 Å². The lowest BCUT2D eigenvalue weighted by molar-refractivity contribution is 0.288. The summed E-state index contributed by atoms with van der Waals surface area (Å²) in [7, 11) is 0. The number of phenolic OH excluding ortho intramolecular Hbond substituents is 1. The van der Waals surface area contributed by atoms with Crippen molar-refractivity contribution < 1.29 is 5.11 Å². The van der Waals surface area contributed by atoms with Crippen LogP contribution in [0.5, 0.6) is 5.75 Å². The Hall–Kier alpha value is -0.540. The lowest BCUT2D eigenvalue weighted by Gasteiger charge is -2.39. The quantitative estimate of drug-likeness (QED) is 0.765. The van der Waals surface area contributed by atoms with E-state index < -0.39 is 0 Å². The van der Waals surface area contributed by atoms with Crippen molar-refractivity contribution in [1.29, 1.82) is 0 Å². The zero-order valence-corrected chi connectivity index (χ0v) is 14.3. The van der Waals surface area contributed by atoms with Gasteiger partial charge in [-0.25, -0.2) is 0 Å². The SMILES string of the molecule is NCC1(c2c(O)c(Br)cc3c2CCCCC3)CCCCC1. The fourth-order valence-corrected chi connectivity index (χ4v) is 4.86. The van der Waals surface area contributed by atoms with Crippen molar-refractivity contribution in [1.82, 2.24) is 0 Å². The average Bonchev–Trinajstić information content (AvgIpc) is 2.74. The van der Waals surface area contributed by atoms with Gasteiger partial charge in [-0.15, -0.1) is 0 Å². The van der Waals surface area contributed by atoms with Crippen LogP contribution in [0.25, 0.3) is 0 Å². The van der Waals surface area contributed by atoms with E-state index in [2.05, 4.69) is 22.0 Å². The first-order chi connectivity index (χ1) is 10.2. The van der Waals surface area contributed by atoms with Crippen molar-refractivity contribution in [2.75, 3.05) is 6.54 Å². The Labute approximate surface area is 136 Å². The monoisotopic (exact) mass is 351 g/mol. The van der Waals surface area contributed by atoms with Gasteiger partial charge in [-0.2, -0.15) is 0 Å². The van der Waals surface area contributed by atoms with E-state index in [1.54, 1.807) is 0 Å². The van der Waals surface area contributed by atoms with Gasteiger partial charge in [-0.05, 0) is 71.6 Å². The molecule has 0 amide bonds. The lowest BCUT2D eigenvalue weighted by atomic mass is 9.67. The molecule has 1 fully saturated rings. The highest BCUT2D eigenvalue weighted by molar-refractivity contribution is 9.10. The lowest BCUT2D eigenvalue weighted by Crippen LogP contribution is -2.38. The number of halogens is 1. The van der Waals surface area contributed by atoms with Gasteiger partial charge in [0.1, 0.15) is 5.75 Å². The van der Waals surface area contributed by atoms with Gasteiger partial charge in [-0.3, -0.25) is 0 Å². The molecule has 2 nitrogen and oxygen atoms in total. The molecule has 21 heavy (non-hydrogen) atoms. The number of aryl methyl sites for hydroxylation is 1. The smallest absolute Gasteiger partial charge is 0.133 e. The Morgan fingerprint density at radius 2 is 1.71 bits per heavy atom. The van der Waals surface area contributed by atoms with Crippen LogP contribution in [0.4, 0.5) is 0 Å². The number of fused-ring (bicyclic) bond motifs is 1. The van der Waals surface area contributed by atoms with Crippen LogP contribution in [0.15, 0.2) is 10.5 Å². The molecule has 0 atom stereocenters. The summed E-state index contributed by atoms with van der Waals surface area (Å²) in [5, 5.41) is 10.8. The maximum atomic E-state index is 10.8. The Balaban J connectivity index is 2.17. The molecular weight excluding hydrogens is 326 g/mol. The fourth-order valence-electron chi connectivity index (χ4n) is 4.39. The molecule has 116 valence electrons. The van der Waals surface area contributed by atoms with E-state index in [9.17, 15) is 5.11 Å². The van der Waals surface area contributed by atoms with Crippen molar-refractivity contribution in [3.8, 4) is 5.75 Å². The standard InChI is InChI=1S/C18H26BrNO/c19-15-11-13-7-3-1-4-8-14(13)16(17(15)21)18(12-20)9-5-2-6-10-18/h11,21H,1-10,12,20H2. The van der Waals surface area contributed by atoms with Gasteiger partial charge in [0.05, 0.1) is 4.47 Å². The van der Waals surface area contributed by atoms with Crippen LogP contribution in [0.1, 0.15) is 68.1 Å². The Morgan fingerprint density at radius 3 is 2.43 bits per heavy atom. The van der Waals surface area contributed by atoms with E-state index >= 15 is 0 Å². The molecule has 0 radical (unpaired) electrons. The fraction of sp³-hybridized carbons (Fsp3) is 0.667. The van der Waals surface area contributed by atoms with Crippen molar-refractivity contribution in [3.63, 3.8) is 0 Å². The van der Waals surface area contributed by atoms with Gasteiger partial charge in [0.15, 0.2) is 0 Å². The Kier molecular flexibility index (Phi) is 4.60. The summed E-state index contributed by atoms with van der Waals surface area (Å²) < 4.78 is 0.858. The summed E-state index contributed by atoms with van der Waals surface area (Å²) in [6.45, 7) is 0.656. The summed E-state index contributed by atoms with van der Waals surface area (Å²) in [6, 6.07) is 2.15. The zero-order chi connectivity index (χ0) is 14.9. The molecule has 1 saturated carbocycles. The summed E-state index contributed by atoms with van der Waals surface area (Å²) in [5.41, 5.74) is 10.3. The summed E-state index contributed by atoms with van der Waals surface area (Å²) in [6.07, 6.45) is 12.1. The molecule has 0 spiro atoms. The molecular formula is C18H26BrNO. The maximum absolute atomic E-state index is 10.8. The van der Waals surface area contributed by atoms with Crippen LogP contribution in [-0.4, -0.2) is 11.7 Å². The van der Waals surface area contributed by atoms with Crippen LogP contribution in [-0.2, 0) is 18.3 Å². The van der Waals surface area contributed by atoms with Gasteiger partial charge in [0.2, 0.25) is 0 Å². The second-order valence-electron chi connectivity index (χ2n) is 6.83. The molecule has 0 bridgehead atoms. The maximum Gasteiger partial charge on any atom is 0.133 e. The molecule has 2 aliphatic carbocycles. The molecule has 1 aromatic rings. The predicted molar refractivity (Wildman–Crippen MR) is 90.9 cm³/mol. The van der Waals surface area contributed by atoms with Crippen molar-refractivity contribution in [2.45, 2.75) is 69.6 Å². The van der Waals surface area contributed by atoms with Gasteiger partial charge < -0.3 is 10.8 Å². The van der Waals surface area contributed by atoms with E-state index in [1.165, 1.54) is 55.2 Å². The number of benzene rings is 1. The predicted octanol–water partition coefficient (Wildman–Crippen LogP) is 4.58. The normalized spacial score (nSPS) is 21.6. The molecule has 2 aliphatic rings. The number of rotatable bonds is 2. The molecule has 3 heteroatoms. The van der Waals surface area contributed by atoms with Gasteiger partial charge >= 0.3 is 0 Å². The van der Waals surface area contributed by atoms with Crippen LogP contribution in [0, 0.1) is 0 Å². The third kappa shape index (κ3) is 2.75. The number of hydrogen-bond donors (Lipinski definition) is 2. The zero-order valence-electron chi connectivity index (χ0n) is 12.8. The van der Waals surface area contributed by atoms with E-state index in [-0.39, 0.29) is 5.41 Å². The molecule has 0 saturated heterocycles. The molecule has 0 heterocycles. The average molecular weight is 352 g/mol. The van der Waals surface area contributed by atoms with Crippen molar-refractivity contribution in [2.24, 2.45) is 5.73 Å². The highest BCUT2D eigenvalue weighted by Gasteiger charge is 2.38. The first-order valence-corrected chi connectivity index (χ1v) is 9.21. The van der Waals surface area contributed by atoms with E-state index in [0.717, 1.165) is 30.2 Å². The molecule has 3 N–H and O–H groups in total. The Morgan fingerprint density at radius 1 is 1.05 bits per heavy atom. The van der Waals surface area contributed by atoms with Gasteiger partial charge in [0.25, 0.3) is 0 Å². The van der Waals surface area contributed by atoms with E-state index in [4.69, 9.17) is 5.73 Å². The molecule has 1 aromatic carbocycles. The second-order valence-corrected chi connectivity index (χ2v) is 7.68. The topological polar surface area (TPSA) is 46.2 Å². The molecule has 0 unspecified atom stereocenters. The molecule has 3 rings (SSSR count). The summed E-state index contributed by atoms with van der Waals surface area (Å²) in [5.74, 6) is 0.461.